The van der Waals surface area contributed by atoms with Gasteiger partial charge < -0.3 is 5.32 Å². The first-order valence-electron chi connectivity index (χ1n) is 6.40. The number of hydrogen-bond acceptors (Lipinski definition) is 1. The van der Waals surface area contributed by atoms with Crippen LogP contribution in [0.5, 0.6) is 0 Å². The lowest BCUT2D eigenvalue weighted by Gasteiger charge is -2.15. The number of carbonyl (C=O) groups excluding carboxylic acids is 1. The van der Waals surface area contributed by atoms with E-state index >= 15 is 0 Å². The van der Waals surface area contributed by atoms with Crippen LogP contribution in [0.3, 0.4) is 0 Å². The highest BCUT2D eigenvalue weighted by Gasteiger charge is 2.15. The molecule has 0 aromatic heterocycles. The van der Waals surface area contributed by atoms with Crippen LogP contribution in [0.2, 0.25) is 0 Å². The van der Waals surface area contributed by atoms with Crippen LogP contribution in [-0.2, 0) is 0 Å². The predicted octanol–water partition coefficient (Wildman–Crippen LogP) is 4.53. The standard InChI is InChI=1S/C16H14BrF2NO/c1-9-3-4-11(7-15(9)19)10(2)20-16(21)13-8-12(18)5-6-14(13)17/h3-8,10H,1-2H3,(H,20,21). The van der Waals surface area contributed by atoms with Crippen molar-refractivity contribution in [2.75, 3.05) is 0 Å². The lowest BCUT2D eigenvalue weighted by molar-refractivity contribution is 0.0938. The number of halogens is 3. The van der Waals surface area contributed by atoms with E-state index in [9.17, 15) is 13.6 Å². The van der Waals surface area contributed by atoms with E-state index in [-0.39, 0.29) is 17.4 Å². The molecule has 0 bridgehead atoms. The summed E-state index contributed by atoms with van der Waals surface area (Å²) in [6, 6.07) is 8.31. The van der Waals surface area contributed by atoms with Gasteiger partial charge in [0, 0.05) is 4.47 Å². The Labute approximate surface area is 130 Å². The molecule has 1 atom stereocenters. The Balaban J connectivity index is 2.18. The van der Waals surface area contributed by atoms with Crippen LogP contribution in [0.4, 0.5) is 8.78 Å². The number of carbonyl (C=O) groups is 1. The maximum Gasteiger partial charge on any atom is 0.253 e. The van der Waals surface area contributed by atoms with E-state index in [1.807, 2.05) is 0 Å². The van der Waals surface area contributed by atoms with Crippen LogP contribution in [0.15, 0.2) is 40.9 Å². The van der Waals surface area contributed by atoms with Gasteiger partial charge in [-0.15, -0.1) is 0 Å². The molecule has 0 aliphatic heterocycles. The van der Waals surface area contributed by atoms with E-state index in [2.05, 4.69) is 21.2 Å². The number of nitrogens with one attached hydrogen (secondary N) is 1. The lowest BCUT2D eigenvalue weighted by Crippen LogP contribution is -2.27. The molecule has 0 heterocycles. The molecule has 0 aliphatic rings. The second-order valence-corrected chi connectivity index (χ2v) is 5.68. The average molecular weight is 354 g/mol. The summed E-state index contributed by atoms with van der Waals surface area (Å²) in [6.45, 7) is 3.42. The maximum absolute atomic E-state index is 13.5. The first-order chi connectivity index (χ1) is 9.88. The summed E-state index contributed by atoms with van der Waals surface area (Å²) in [6.07, 6.45) is 0. The first-order valence-corrected chi connectivity index (χ1v) is 7.19. The van der Waals surface area contributed by atoms with Gasteiger partial charge in [-0.1, -0.05) is 12.1 Å². The maximum atomic E-state index is 13.5. The molecule has 2 aromatic rings. The second-order valence-electron chi connectivity index (χ2n) is 4.83. The van der Waals surface area contributed by atoms with Gasteiger partial charge in [0.25, 0.3) is 5.91 Å². The average Bonchev–Trinajstić information content (AvgIpc) is 2.44. The minimum absolute atomic E-state index is 0.203. The van der Waals surface area contributed by atoms with E-state index < -0.39 is 11.7 Å². The van der Waals surface area contributed by atoms with Gasteiger partial charge in [-0.2, -0.15) is 0 Å². The zero-order valence-electron chi connectivity index (χ0n) is 11.6. The minimum Gasteiger partial charge on any atom is -0.345 e. The van der Waals surface area contributed by atoms with Gasteiger partial charge in [0.2, 0.25) is 0 Å². The van der Waals surface area contributed by atoms with Crippen molar-refractivity contribution in [1.29, 1.82) is 0 Å². The number of hydrogen-bond donors (Lipinski definition) is 1. The van der Waals surface area contributed by atoms with Crippen molar-refractivity contribution in [2.45, 2.75) is 19.9 Å². The normalized spacial score (nSPS) is 12.0. The summed E-state index contributed by atoms with van der Waals surface area (Å²) < 4.78 is 27.3. The third-order valence-electron chi connectivity index (χ3n) is 3.22. The van der Waals surface area contributed by atoms with Gasteiger partial charge in [0.05, 0.1) is 11.6 Å². The summed E-state index contributed by atoms with van der Waals surface area (Å²) in [7, 11) is 0. The smallest absolute Gasteiger partial charge is 0.253 e. The van der Waals surface area contributed by atoms with Crippen LogP contribution in [-0.4, -0.2) is 5.91 Å². The Kier molecular flexibility index (Phi) is 4.73. The van der Waals surface area contributed by atoms with Crippen LogP contribution in [0.25, 0.3) is 0 Å². The molecule has 0 aliphatic carbocycles. The van der Waals surface area contributed by atoms with Crippen LogP contribution < -0.4 is 5.32 Å². The highest BCUT2D eigenvalue weighted by Crippen LogP contribution is 2.20. The number of benzene rings is 2. The molecule has 110 valence electrons. The predicted molar refractivity (Wildman–Crippen MR) is 81.1 cm³/mol. The van der Waals surface area contributed by atoms with E-state index in [4.69, 9.17) is 0 Å². The Hall–Kier alpha value is -1.75. The number of amides is 1. The molecular weight excluding hydrogens is 340 g/mol. The summed E-state index contributed by atoms with van der Waals surface area (Å²) in [5.41, 5.74) is 1.40. The number of aryl methyl sites for hydroxylation is 1. The lowest BCUT2D eigenvalue weighted by atomic mass is 10.1. The molecular formula is C16H14BrF2NO. The fourth-order valence-electron chi connectivity index (χ4n) is 1.91. The SMILES string of the molecule is Cc1ccc(C(C)NC(=O)c2cc(F)ccc2Br)cc1F. The Bertz CT molecular complexity index is 688. The fourth-order valence-corrected chi connectivity index (χ4v) is 2.33. The van der Waals surface area contributed by atoms with E-state index in [1.54, 1.807) is 26.0 Å². The number of rotatable bonds is 3. The Morgan fingerprint density at radius 2 is 1.90 bits per heavy atom. The Morgan fingerprint density at radius 3 is 2.57 bits per heavy atom. The molecule has 2 aromatic carbocycles. The third kappa shape index (κ3) is 3.67. The fraction of sp³-hybridized carbons (Fsp3) is 0.188. The molecule has 0 fully saturated rings. The molecule has 1 unspecified atom stereocenters. The largest absolute Gasteiger partial charge is 0.345 e. The summed E-state index contributed by atoms with van der Waals surface area (Å²) in [4.78, 5) is 12.2. The molecule has 21 heavy (non-hydrogen) atoms. The summed E-state index contributed by atoms with van der Waals surface area (Å²) in [5.74, 6) is -1.23. The molecule has 0 radical (unpaired) electrons. The van der Waals surface area contributed by atoms with Gasteiger partial charge in [0.15, 0.2) is 0 Å². The molecule has 1 amide bonds. The molecule has 5 heteroatoms. The topological polar surface area (TPSA) is 29.1 Å². The van der Waals surface area contributed by atoms with Crippen molar-refractivity contribution in [3.63, 3.8) is 0 Å². The van der Waals surface area contributed by atoms with Crippen molar-refractivity contribution >= 4 is 21.8 Å². The zero-order valence-corrected chi connectivity index (χ0v) is 13.2. The second kappa shape index (κ2) is 6.35. The highest BCUT2D eigenvalue weighted by atomic mass is 79.9. The molecule has 0 spiro atoms. The van der Waals surface area contributed by atoms with Crippen LogP contribution in [0.1, 0.15) is 34.5 Å². The van der Waals surface area contributed by atoms with Gasteiger partial charge in [-0.05, 0) is 65.2 Å². The van der Waals surface area contributed by atoms with Crippen molar-refractivity contribution in [3.8, 4) is 0 Å². The van der Waals surface area contributed by atoms with E-state index in [0.29, 0.717) is 15.6 Å². The van der Waals surface area contributed by atoms with Crippen molar-refractivity contribution in [1.82, 2.24) is 5.32 Å². The Morgan fingerprint density at radius 1 is 1.19 bits per heavy atom. The first kappa shape index (κ1) is 15.6. The third-order valence-corrected chi connectivity index (χ3v) is 3.91. The molecule has 1 N–H and O–H groups in total. The van der Waals surface area contributed by atoms with Crippen molar-refractivity contribution in [2.24, 2.45) is 0 Å². The van der Waals surface area contributed by atoms with Crippen LogP contribution >= 0.6 is 15.9 Å². The van der Waals surface area contributed by atoms with Gasteiger partial charge in [-0.25, -0.2) is 8.78 Å². The van der Waals surface area contributed by atoms with Crippen molar-refractivity contribution < 1.29 is 13.6 Å². The zero-order chi connectivity index (χ0) is 15.6. The highest BCUT2D eigenvalue weighted by molar-refractivity contribution is 9.10. The van der Waals surface area contributed by atoms with E-state index in [0.717, 1.165) is 6.07 Å². The quantitative estimate of drug-likeness (QED) is 0.862. The van der Waals surface area contributed by atoms with Crippen molar-refractivity contribution in [3.05, 3.63) is 69.2 Å². The monoisotopic (exact) mass is 353 g/mol. The van der Waals surface area contributed by atoms with Gasteiger partial charge in [-0.3, -0.25) is 4.79 Å². The summed E-state index contributed by atoms with van der Waals surface area (Å²) in [5, 5.41) is 2.72. The van der Waals surface area contributed by atoms with Crippen LogP contribution in [0, 0.1) is 18.6 Å². The minimum atomic E-state index is -0.489. The van der Waals surface area contributed by atoms with E-state index in [1.165, 1.54) is 18.2 Å². The molecule has 0 saturated carbocycles. The molecule has 0 saturated heterocycles. The summed E-state index contributed by atoms with van der Waals surface area (Å²) >= 11 is 3.21. The molecule has 2 rings (SSSR count). The van der Waals surface area contributed by atoms with Gasteiger partial charge >= 0.3 is 0 Å². The van der Waals surface area contributed by atoms with Gasteiger partial charge in [0.1, 0.15) is 11.6 Å². The molecule has 2 nitrogen and oxygen atoms in total.